The van der Waals surface area contributed by atoms with E-state index in [1.54, 1.807) is 12.1 Å². The number of ether oxygens (including phenoxy) is 1. The van der Waals surface area contributed by atoms with Crippen LogP contribution in [-0.2, 0) is 15.7 Å². The molecule has 1 aromatic heterocycles. The Morgan fingerprint density at radius 2 is 2.07 bits per heavy atom. The Hall–Kier alpha value is -3.07. The first-order valence-electron chi connectivity index (χ1n) is 8.57. The molecule has 1 fully saturated rings. The van der Waals surface area contributed by atoms with Crippen molar-refractivity contribution in [1.82, 2.24) is 15.3 Å². The molecular weight excluding hydrogens is 411 g/mol. The molecule has 0 spiro atoms. The van der Waals surface area contributed by atoms with Crippen molar-refractivity contribution in [3.63, 3.8) is 0 Å². The number of esters is 1. The first-order chi connectivity index (χ1) is 13.7. The number of aromatic nitrogens is 2. The summed E-state index contributed by atoms with van der Waals surface area (Å²) in [6.45, 7) is 0.220. The van der Waals surface area contributed by atoms with E-state index in [4.69, 9.17) is 16.3 Å². The van der Waals surface area contributed by atoms with Gasteiger partial charge in [0.05, 0.1) is 23.3 Å². The molecule has 0 radical (unpaired) electrons. The largest absolute Gasteiger partial charge is 0.464 e. The summed E-state index contributed by atoms with van der Waals surface area (Å²) in [4.78, 5) is 31.2. The van der Waals surface area contributed by atoms with E-state index in [2.05, 4.69) is 15.3 Å². The number of carbonyl (C=O) groups is 2. The van der Waals surface area contributed by atoms with E-state index in [0.29, 0.717) is 11.9 Å². The van der Waals surface area contributed by atoms with Gasteiger partial charge in [0, 0.05) is 17.0 Å². The molecule has 2 heterocycles. The number of fused-ring (bicyclic) bond motifs is 1. The molecule has 1 aliphatic heterocycles. The van der Waals surface area contributed by atoms with Crippen LogP contribution in [0, 0.1) is 0 Å². The molecule has 6 nitrogen and oxygen atoms in total. The first-order valence-corrected chi connectivity index (χ1v) is 8.95. The van der Waals surface area contributed by atoms with Crippen molar-refractivity contribution in [1.29, 1.82) is 0 Å². The Balaban J connectivity index is 1.76. The van der Waals surface area contributed by atoms with Gasteiger partial charge >= 0.3 is 12.1 Å². The Morgan fingerprint density at radius 1 is 1.28 bits per heavy atom. The summed E-state index contributed by atoms with van der Waals surface area (Å²) in [5, 5.41) is 2.51. The lowest BCUT2D eigenvalue weighted by atomic mass is 10.1. The number of nitrogens with one attached hydrogen (secondary N) is 2. The molecule has 150 valence electrons. The maximum atomic E-state index is 13.4. The summed E-state index contributed by atoms with van der Waals surface area (Å²) >= 11 is 5.73. The van der Waals surface area contributed by atoms with Crippen molar-refractivity contribution in [2.45, 2.75) is 18.6 Å². The first kappa shape index (κ1) is 19.3. The Kier molecular flexibility index (Phi) is 4.70. The van der Waals surface area contributed by atoms with Crippen molar-refractivity contribution >= 4 is 34.5 Å². The SMILES string of the molecule is O=C(NC1CCOC1=O)c1cccc2[nH]c(-c3ccc(Cl)cc3C(F)(F)F)nc12. The van der Waals surface area contributed by atoms with Gasteiger partial charge in [-0.3, -0.25) is 4.79 Å². The van der Waals surface area contributed by atoms with E-state index in [9.17, 15) is 22.8 Å². The lowest BCUT2D eigenvalue weighted by molar-refractivity contribution is -0.139. The quantitative estimate of drug-likeness (QED) is 0.625. The number of hydrogen-bond acceptors (Lipinski definition) is 4. The fourth-order valence-corrected chi connectivity index (χ4v) is 3.34. The lowest BCUT2D eigenvalue weighted by Gasteiger charge is -2.11. The van der Waals surface area contributed by atoms with Crippen LogP contribution in [0.5, 0.6) is 0 Å². The number of benzene rings is 2. The van der Waals surface area contributed by atoms with Crippen molar-refractivity contribution in [2.24, 2.45) is 0 Å². The van der Waals surface area contributed by atoms with Crippen LogP contribution in [0.1, 0.15) is 22.3 Å². The van der Waals surface area contributed by atoms with Crippen molar-refractivity contribution < 1.29 is 27.5 Å². The molecule has 1 aliphatic rings. The molecule has 4 rings (SSSR count). The van der Waals surface area contributed by atoms with Gasteiger partial charge in [0.2, 0.25) is 0 Å². The summed E-state index contributed by atoms with van der Waals surface area (Å²) in [5.41, 5.74) is -0.432. The number of H-pyrrole nitrogens is 1. The summed E-state index contributed by atoms with van der Waals surface area (Å²) in [6, 6.07) is 7.26. The summed E-state index contributed by atoms with van der Waals surface area (Å²) in [7, 11) is 0. The third kappa shape index (κ3) is 3.65. The molecule has 2 N–H and O–H groups in total. The molecule has 0 bridgehead atoms. The van der Waals surface area contributed by atoms with Crippen LogP contribution in [0.2, 0.25) is 5.02 Å². The number of aromatic amines is 1. The highest BCUT2D eigenvalue weighted by Gasteiger charge is 2.35. The second-order valence-corrected chi connectivity index (χ2v) is 6.89. The Labute approximate surface area is 167 Å². The minimum Gasteiger partial charge on any atom is -0.464 e. The standard InChI is InChI=1S/C19H13ClF3N3O3/c20-9-4-5-10(12(8-9)19(21,22)23)16-24-13-3-1-2-11(15(13)26-16)17(27)25-14-6-7-29-18(14)28/h1-5,8,14H,6-7H2,(H,24,26)(H,25,27). The molecule has 29 heavy (non-hydrogen) atoms. The lowest BCUT2D eigenvalue weighted by Crippen LogP contribution is -2.38. The topological polar surface area (TPSA) is 84.1 Å². The van der Waals surface area contributed by atoms with Crippen LogP contribution in [0.25, 0.3) is 22.4 Å². The fourth-order valence-electron chi connectivity index (χ4n) is 3.16. The van der Waals surface area contributed by atoms with Gasteiger partial charge in [0.25, 0.3) is 5.91 Å². The fraction of sp³-hybridized carbons (Fsp3) is 0.211. The number of rotatable bonds is 3. The molecule has 3 aromatic rings. The number of halogens is 4. The molecule has 1 unspecified atom stereocenters. The van der Waals surface area contributed by atoms with Crippen LogP contribution in [0.3, 0.4) is 0 Å². The molecule has 1 atom stereocenters. The third-order valence-electron chi connectivity index (χ3n) is 4.54. The predicted molar refractivity (Wildman–Crippen MR) is 98.4 cm³/mol. The average Bonchev–Trinajstić information content (AvgIpc) is 3.27. The van der Waals surface area contributed by atoms with Crippen LogP contribution < -0.4 is 5.32 Å². The van der Waals surface area contributed by atoms with Gasteiger partial charge in [-0.15, -0.1) is 0 Å². The number of hydrogen-bond donors (Lipinski definition) is 2. The van der Waals surface area contributed by atoms with Gasteiger partial charge in [-0.25, -0.2) is 9.78 Å². The van der Waals surface area contributed by atoms with Gasteiger partial charge in [-0.2, -0.15) is 13.2 Å². The van der Waals surface area contributed by atoms with Crippen LogP contribution in [-0.4, -0.2) is 34.5 Å². The second kappa shape index (κ2) is 7.07. The molecule has 0 aliphatic carbocycles. The van der Waals surface area contributed by atoms with E-state index in [-0.39, 0.29) is 34.1 Å². The molecule has 2 aromatic carbocycles. The van der Waals surface area contributed by atoms with Gasteiger partial charge < -0.3 is 15.0 Å². The Bertz CT molecular complexity index is 1130. The minimum atomic E-state index is -4.64. The van der Waals surface area contributed by atoms with Crippen LogP contribution in [0.15, 0.2) is 36.4 Å². The smallest absolute Gasteiger partial charge is 0.417 e. The number of cyclic esters (lactones) is 1. The van der Waals surface area contributed by atoms with E-state index >= 15 is 0 Å². The number of imidazole rings is 1. The van der Waals surface area contributed by atoms with Gasteiger partial charge in [0.15, 0.2) is 0 Å². The highest BCUT2D eigenvalue weighted by Crippen LogP contribution is 2.38. The Morgan fingerprint density at radius 3 is 2.76 bits per heavy atom. The minimum absolute atomic E-state index is 0.0514. The van der Waals surface area contributed by atoms with E-state index in [0.717, 1.165) is 6.07 Å². The number of carbonyl (C=O) groups excluding carboxylic acids is 2. The number of amides is 1. The maximum Gasteiger partial charge on any atom is 0.417 e. The van der Waals surface area contributed by atoms with Gasteiger partial charge in [-0.1, -0.05) is 17.7 Å². The zero-order chi connectivity index (χ0) is 20.8. The van der Waals surface area contributed by atoms with Crippen molar-refractivity contribution in [2.75, 3.05) is 6.61 Å². The zero-order valence-electron chi connectivity index (χ0n) is 14.6. The molecular formula is C19H13ClF3N3O3. The van der Waals surface area contributed by atoms with Gasteiger partial charge in [0.1, 0.15) is 17.4 Å². The van der Waals surface area contributed by atoms with Gasteiger partial charge in [-0.05, 0) is 30.3 Å². The molecule has 10 heteroatoms. The normalized spacial score (nSPS) is 16.8. The van der Waals surface area contributed by atoms with E-state index < -0.39 is 29.7 Å². The molecule has 1 amide bonds. The molecule has 1 saturated heterocycles. The van der Waals surface area contributed by atoms with Crippen molar-refractivity contribution in [3.8, 4) is 11.4 Å². The molecule has 0 saturated carbocycles. The van der Waals surface area contributed by atoms with Crippen LogP contribution in [0.4, 0.5) is 13.2 Å². The van der Waals surface area contributed by atoms with Crippen LogP contribution >= 0.6 is 11.6 Å². The third-order valence-corrected chi connectivity index (χ3v) is 4.78. The number of nitrogens with zero attached hydrogens (tertiary/aromatic N) is 1. The number of alkyl halides is 3. The predicted octanol–water partition coefficient (Wildman–Crippen LogP) is 3.95. The maximum absolute atomic E-state index is 13.4. The summed E-state index contributed by atoms with van der Waals surface area (Å²) in [6.07, 6.45) is -4.28. The van der Waals surface area contributed by atoms with E-state index in [1.807, 2.05) is 0 Å². The summed E-state index contributed by atoms with van der Waals surface area (Å²) < 4.78 is 45.1. The average molecular weight is 424 g/mol. The monoisotopic (exact) mass is 423 g/mol. The number of para-hydroxylation sites is 1. The zero-order valence-corrected chi connectivity index (χ0v) is 15.4. The summed E-state index contributed by atoms with van der Waals surface area (Å²) in [5.74, 6) is -1.14. The highest BCUT2D eigenvalue weighted by molar-refractivity contribution is 6.30. The highest BCUT2D eigenvalue weighted by atomic mass is 35.5. The van der Waals surface area contributed by atoms with E-state index in [1.165, 1.54) is 18.2 Å². The van der Waals surface area contributed by atoms with Crippen molar-refractivity contribution in [3.05, 3.63) is 52.5 Å². The second-order valence-electron chi connectivity index (χ2n) is 6.46.